The van der Waals surface area contributed by atoms with E-state index in [9.17, 15) is 9.59 Å². The molecule has 0 spiro atoms. The van der Waals surface area contributed by atoms with E-state index >= 15 is 0 Å². The van der Waals surface area contributed by atoms with E-state index < -0.39 is 0 Å². The lowest BCUT2D eigenvalue weighted by Gasteiger charge is -2.41. The summed E-state index contributed by atoms with van der Waals surface area (Å²) in [5.74, 6) is 1.71. The molecule has 2 aliphatic rings. The van der Waals surface area contributed by atoms with Gasteiger partial charge in [-0.1, -0.05) is 19.3 Å². The number of ether oxygens (including phenoxy) is 1. The molecule has 32 heavy (non-hydrogen) atoms. The Bertz CT molecular complexity index is 971. The Morgan fingerprint density at radius 3 is 2.41 bits per heavy atom. The molecule has 0 aromatic heterocycles. The molecule has 1 aliphatic heterocycles. The number of carbonyl (C=O) groups excluding carboxylic acids is 2. The first kappa shape index (κ1) is 22.2. The second kappa shape index (κ2) is 9.63. The lowest BCUT2D eigenvalue weighted by Crippen LogP contribution is -2.44. The molecular formula is C26H33N3O3. The van der Waals surface area contributed by atoms with Gasteiger partial charge in [-0.05, 0) is 61.1 Å². The van der Waals surface area contributed by atoms with Gasteiger partial charge in [0.15, 0.2) is 0 Å². The van der Waals surface area contributed by atoms with Gasteiger partial charge >= 0.3 is 0 Å². The van der Waals surface area contributed by atoms with E-state index in [4.69, 9.17) is 4.74 Å². The van der Waals surface area contributed by atoms with Crippen molar-refractivity contribution in [3.8, 4) is 5.75 Å². The standard InChI is InChI=1S/C26H33N3O3/c1-28(2)22-11-8-19(9-12-22)25(30)27-21-10-13-23(24(16-21)32-3)26(31)29-15-14-18-6-4-5-7-20(18)17-29/h8-13,16,18,20H,4-7,14-15,17H2,1-3H3,(H,27,30)/t18-,20+/m1/s1. The molecule has 1 heterocycles. The zero-order chi connectivity index (χ0) is 22.7. The first-order valence-electron chi connectivity index (χ1n) is 11.5. The zero-order valence-electron chi connectivity index (χ0n) is 19.3. The Kier molecular flexibility index (Phi) is 6.68. The molecule has 2 aromatic rings. The van der Waals surface area contributed by atoms with Gasteiger partial charge in [-0.25, -0.2) is 0 Å². The summed E-state index contributed by atoms with van der Waals surface area (Å²) in [7, 11) is 5.48. The summed E-state index contributed by atoms with van der Waals surface area (Å²) in [5.41, 5.74) is 2.76. The van der Waals surface area contributed by atoms with Crippen molar-refractivity contribution in [1.82, 2.24) is 4.90 Å². The van der Waals surface area contributed by atoms with E-state index in [2.05, 4.69) is 5.32 Å². The molecule has 4 rings (SSSR count). The van der Waals surface area contributed by atoms with E-state index in [0.29, 0.717) is 28.5 Å². The number of carbonyl (C=O) groups is 2. The van der Waals surface area contributed by atoms with Crippen LogP contribution in [0, 0.1) is 11.8 Å². The van der Waals surface area contributed by atoms with Crippen LogP contribution in [0.25, 0.3) is 0 Å². The molecule has 0 unspecified atom stereocenters. The minimum atomic E-state index is -0.198. The predicted molar refractivity (Wildman–Crippen MR) is 128 cm³/mol. The van der Waals surface area contributed by atoms with E-state index in [1.54, 1.807) is 37.4 Å². The molecule has 6 heteroatoms. The quantitative estimate of drug-likeness (QED) is 0.742. The Morgan fingerprint density at radius 1 is 1.00 bits per heavy atom. The van der Waals surface area contributed by atoms with E-state index in [1.165, 1.54) is 25.7 Å². The lowest BCUT2D eigenvalue weighted by molar-refractivity contribution is 0.0518. The largest absolute Gasteiger partial charge is 0.496 e. The summed E-state index contributed by atoms with van der Waals surface area (Å²) in [5, 5.41) is 2.91. The topological polar surface area (TPSA) is 61.9 Å². The molecule has 1 saturated carbocycles. The van der Waals surface area contributed by atoms with Crippen LogP contribution >= 0.6 is 0 Å². The molecule has 0 bridgehead atoms. The summed E-state index contributed by atoms with van der Waals surface area (Å²) in [6, 6.07) is 12.7. The van der Waals surface area contributed by atoms with E-state index in [-0.39, 0.29) is 11.8 Å². The molecule has 1 aliphatic carbocycles. The molecule has 2 amide bonds. The Balaban J connectivity index is 1.45. The van der Waals surface area contributed by atoms with Gasteiger partial charge < -0.3 is 19.9 Å². The minimum absolute atomic E-state index is 0.0167. The van der Waals surface area contributed by atoms with Crippen molar-refractivity contribution in [2.24, 2.45) is 11.8 Å². The molecule has 170 valence electrons. The number of fused-ring (bicyclic) bond motifs is 1. The number of piperidine rings is 1. The highest BCUT2D eigenvalue weighted by atomic mass is 16.5. The second-order valence-corrected chi connectivity index (χ2v) is 9.15. The molecule has 2 aromatic carbocycles. The van der Waals surface area contributed by atoms with Gasteiger partial charge in [0.25, 0.3) is 11.8 Å². The van der Waals surface area contributed by atoms with E-state index in [1.807, 2.05) is 36.0 Å². The van der Waals surface area contributed by atoms with Crippen molar-refractivity contribution in [2.45, 2.75) is 32.1 Å². The van der Waals surface area contributed by atoms with Crippen LogP contribution in [0.5, 0.6) is 5.75 Å². The Morgan fingerprint density at radius 2 is 1.72 bits per heavy atom. The number of methoxy groups -OCH3 is 1. The predicted octanol–water partition coefficient (Wildman–Crippen LogP) is 4.67. The fourth-order valence-corrected chi connectivity index (χ4v) is 5.02. The van der Waals surface area contributed by atoms with E-state index in [0.717, 1.165) is 31.1 Å². The van der Waals surface area contributed by atoms with Crippen molar-refractivity contribution >= 4 is 23.2 Å². The third-order valence-corrected chi connectivity index (χ3v) is 6.91. The van der Waals surface area contributed by atoms with Crippen molar-refractivity contribution < 1.29 is 14.3 Å². The fourth-order valence-electron chi connectivity index (χ4n) is 5.02. The first-order chi connectivity index (χ1) is 15.5. The average molecular weight is 436 g/mol. The van der Waals surface area contributed by atoms with Gasteiger partial charge in [0.05, 0.1) is 12.7 Å². The van der Waals surface area contributed by atoms with Gasteiger partial charge in [0.1, 0.15) is 5.75 Å². The van der Waals surface area contributed by atoms with Crippen LogP contribution in [0.2, 0.25) is 0 Å². The third kappa shape index (κ3) is 4.74. The number of nitrogens with zero attached hydrogens (tertiary/aromatic N) is 2. The minimum Gasteiger partial charge on any atom is -0.496 e. The van der Waals surface area contributed by atoms with Gasteiger partial charge in [-0.2, -0.15) is 0 Å². The summed E-state index contributed by atoms with van der Waals surface area (Å²) in [6.45, 7) is 1.65. The number of rotatable bonds is 5. The number of benzene rings is 2. The maximum atomic E-state index is 13.3. The molecule has 1 N–H and O–H groups in total. The Labute approximate surface area is 190 Å². The van der Waals surface area contributed by atoms with Crippen LogP contribution in [0.1, 0.15) is 52.8 Å². The van der Waals surface area contributed by atoms with Gasteiger partial charge in [0, 0.05) is 50.2 Å². The van der Waals surface area contributed by atoms with Crippen LogP contribution in [-0.2, 0) is 0 Å². The third-order valence-electron chi connectivity index (χ3n) is 6.91. The number of amides is 2. The van der Waals surface area contributed by atoms with Crippen molar-refractivity contribution in [3.63, 3.8) is 0 Å². The highest BCUT2D eigenvalue weighted by Crippen LogP contribution is 2.37. The van der Waals surface area contributed by atoms with Crippen LogP contribution < -0.4 is 15.0 Å². The van der Waals surface area contributed by atoms with Crippen LogP contribution in [0.15, 0.2) is 42.5 Å². The van der Waals surface area contributed by atoms with Crippen LogP contribution in [0.3, 0.4) is 0 Å². The molecule has 0 radical (unpaired) electrons. The zero-order valence-corrected chi connectivity index (χ0v) is 19.3. The normalized spacial score (nSPS) is 20.3. The molecular weight excluding hydrogens is 402 g/mol. The molecule has 2 atom stereocenters. The molecule has 6 nitrogen and oxygen atoms in total. The lowest BCUT2D eigenvalue weighted by atomic mass is 9.75. The first-order valence-corrected chi connectivity index (χ1v) is 11.5. The highest BCUT2D eigenvalue weighted by molar-refractivity contribution is 6.05. The number of nitrogens with one attached hydrogen (secondary N) is 1. The Hall–Kier alpha value is -3.02. The number of hydrogen-bond donors (Lipinski definition) is 1. The van der Waals surface area contributed by atoms with Crippen LogP contribution in [0.4, 0.5) is 11.4 Å². The van der Waals surface area contributed by atoms with Crippen molar-refractivity contribution in [3.05, 3.63) is 53.6 Å². The van der Waals surface area contributed by atoms with Crippen molar-refractivity contribution in [2.75, 3.05) is 44.5 Å². The maximum absolute atomic E-state index is 13.3. The maximum Gasteiger partial charge on any atom is 0.257 e. The fraction of sp³-hybridized carbons (Fsp3) is 0.462. The number of anilines is 2. The van der Waals surface area contributed by atoms with Crippen molar-refractivity contribution in [1.29, 1.82) is 0 Å². The summed E-state index contributed by atoms with van der Waals surface area (Å²) in [4.78, 5) is 29.9. The number of likely N-dealkylation sites (tertiary alicyclic amines) is 1. The van der Waals surface area contributed by atoms with Gasteiger partial charge in [-0.3, -0.25) is 9.59 Å². The molecule has 1 saturated heterocycles. The summed E-state index contributed by atoms with van der Waals surface area (Å²) >= 11 is 0. The second-order valence-electron chi connectivity index (χ2n) is 9.15. The average Bonchev–Trinajstić information content (AvgIpc) is 2.83. The van der Waals surface area contributed by atoms with Gasteiger partial charge in [0.2, 0.25) is 0 Å². The smallest absolute Gasteiger partial charge is 0.257 e. The number of hydrogen-bond acceptors (Lipinski definition) is 4. The summed E-state index contributed by atoms with van der Waals surface area (Å²) < 4.78 is 5.53. The SMILES string of the molecule is COc1cc(NC(=O)c2ccc(N(C)C)cc2)ccc1C(=O)N1CC[C@H]2CCCC[C@H]2C1. The van der Waals surface area contributed by atoms with Crippen LogP contribution in [-0.4, -0.2) is 51.0 Å². The molecule has 2 fully saturated rings. The van der Waals surface area contributed by atoms with Gasteiger partial charge in [-0.15, -0.1) is 0 Å². The summed E-state index contributed by atoms with van der Waals surface area (Å²) in [6.07, 6.45) is 6.24. The monoisotopic (exact) mass is 435 g/mol. The highest BCUT2D eigenvalue weighted by Gasteiger charge is 2.33.